The van der Waals surface area contributed by atoms with Gasteiger partial charge < -0.3 is 19.7 Å². The molecule has 0 unspecified atom stereocenters. The molecule has 0 atom stereocenters. The molecule has 1 N–H and O–H groups in total. The summed E-state index contributed by atoms with van der Waals surface area (Å²) >= 11 is 0. The average Bonchev–Trinajstić information content (AvgIpc) is 2.64. The number of nitrogens with zero attached hydrogens (tertiary/aromatic N) is 1. The minimum Gasteiger partial charge on any atom is -0.493 e. The summed E-state index contributed by atoms with van der Waals surface area (Å²) in [5.41, 5.74) is 2.42. The Morgan fingerprint density at radius 1 is 1.00 bits per heavy atom. The van der Waals surface area contributed by atoms with Crippen LogP contribution in [0.1, 0.15) is 31.1 Å². The highest BCUT2D eigenvalue weighted by Gasteiger charge is 2.11. The molecule has 25 heavy (non-hydrogen) atoms. The molecule has 0 spiro atoms. The summed E-state index contributed by atoms with van der Waals surface area (Å²) < 4.78 is 10.8. The molecule has 5 nitrogen and oxygen atoms in total. The van der Waals surface area contributed by atoms with E-state index < -0.39 is 0 Å². The number of methoxy groups -OCH3 is 1. The van der Waals surface area contributed by atoms with Crippen LogP contribution in [-0.4, -0.2) is 32.7 Å². The Balaban J connectivity index is 2.11. The maximum atomic E-state index is 12.5. The SMILES string of the molecule is CCOc1ccc(C(=O)Nc2ccc(N(CC)CC)cc2)cc1OC. The third kappa shape index (κ3) is 4.66. The summed E-state index contributed by atoms with van der Waals surface area (Å²) in [5.74, 6) is 0.994. The topological polar surface area (TPSA) is 50.8 Å². The van der Waals surface area contributed by atoms with Gasteiger partial charge >= 0.3 is 0 Å². The van der Waals surface area contributed by atoms with Gasteiger partial charge in [-0.1, -0.05) is 0 Å². The van der Waals surface area contributed by atoms with Gasteiger partial charge in [-0.15, -0.1) is 0 Å². The molecule has 2 aromatic carbocycles. The van der Waals surface area contributed by atoms with E-state index >= 15 is 0 Å². The maximum Gasteiger partial charge on any atom is 0.255 e. The van der Waals surface area contributed by atoms with E-state index in [1.807, 2.05) is 31.2 Å². The van der Waals surface area contributed by atoms with Crippen molar-refractivity contribution in [1.82, 2.24) is 0 Å². The van der Waals surface area contributed by atoms with Crippen molar-refractivity contribution >= 4 is 17.3 Å². The summed E-state index contributed by atoms with van der Waals surface area (Å²) in [4.78, 5) is 14.7. The second-order valence-electron chi connectivity index (χ2n) is 5.47. The van der Waals surface area contributed by atoms with Crippen LogP contribution in [-0.2, 0) is 0 Å². The molecule has 0 saturated heterocycles. The zero-order valence-electron chi connectivity index (χ0n) is 15.3. The first kappa shape index (κ1) is 18.6. The van der Waals surface area contributed by atoms with Crippen molar-refractivity contribution in [2.24, 2.45) is 0 Å². The van der Waals surface area contributed by atoms with Crippen LogP contribution in [0.3, 0.4) is 0 Å². The highest BCUT2D eigenvalue weighted by atomic mass is 16.5. The summed E-state index contributed by atoms with van der Waals surface area (Å²) in [5, 5.41) is 2.91. The molecule has 0 aliphatic heterocycles. The second-order valence-corrected chi connectivity index (χ2v) is 5.47. The largest absolute Gasteiger partial charge is 0.493 e. The molecule has 0 bridgehead atoms. The van der Waals surface area contributed by atoms with E-state index in [0.717, 1.165) is 24.5 Å². The van der Waals surface area contributed by atoms with E-state index in [4.69, 9.17) is 9.47 Å². The first-order valence-electron chi connectivity index (χ1n) is 8.60. The quantitative estimate of drug-likeness (QED) is 0.781. The number of rotatable bonds is 8. The number of hydrogen-bond donors (Lipinski definition) is 1. The smallest absolute Gasteiger partial charge is 0.255 e. The zero-order chi connectivity index (χ0) is 18.2. The number of carbonyl (C=O) groups excluding carboxylic acids is 1. The van der Waals surface area contributed by atoms with Crippen molar-refractivity contribution < 1.29 is 14.3 Å². The Labute approximate surface area is 149 Å². The summed E-state index contributed by atoms with van der Waals surface area (Å²) in [6.07, 6.45) is 0. The van der Waals surface area contributed by atoms with Crippen LogP contribution in [0.4, 0.5) is 11.4 Å². The number of nitrogens with one attached hydrogen (secondary N) is 1. The van der Waals surface area contributed by atoms with Crippen molar-refractivity contribution in [3.8, 4) is 11.5 Å². The molecule has 0 heterocycles. The van der Waals surface area contributed by atoms with Crippen LogP contribution in [0.25, 0.3) is 0 Å². The number of hydrogen-bond acceptors (Lipinski definition) is 4. The predicted octanol–water partition coefficient (Wildman–Crippen LogP) is 4.19. The third-order valence-electron chi connectivity index (χ3n) is 3.98. The number of amides is 1. The number of ether oxygens (including phenoxy) is 2. The molecule has 0 aliphatic rings. The van der Waals surface area contributed by atoms with Crippen molar-refractivity contribution in [2.75, 3.05) is 37.0 Å². The maximum absolute atomic E-state index is 12.5. The van der Waals surface area contributed by atoms with Crippen LogP contribution in [0.5, 0.6) is 11.5 Å². The molecule has 0 saturated carbocycles. The Morgan fingerprint density at radius 2 is 1.68 bits per heavy atom. The Bertz CT molecular complexity index is 695. The Morgan fingerprint density at radius 3 is 2.24 bits per heavy atom. The minimum atomic E-state index is -0.183. The van der Waals surface area contributed by atoms with E-state index in [1.54, 1.807) is 25.3 Å². The fourth-order valence-corrected chi connectivity index (χ4v) is 2.63. The molecule has 0 fully saturated rings. The first-order chi connectivity index (χ1) is 12.1. The van der Waals surface area contributed by atoms with Gasteiger partial charge in [0.1, 0.15) is 0 Å². The van der Waals surface area contributed by atoms with Crippen LogP contribution in [0.2, 0.25) is 0 Å². The zero-order valence-corrected chi connectivity index (χ0v) is 15.3. The van der Waals surface area contributed by atoms with Gasteiger partial charge in [0.05, 0.1) is 13.7 Å². The third-order valence-corrected chi connectivity index (χ3v) is 3.98. The highest BCUT2D eigenvalue weighted by Crippen LogP contribution is 2.28. The lowest BCUT2D eigenvalue weighted by molar-refractivity contribution is 0.102. The van der Waals surface area contributed by atoms with Gasteiger partial charge in [-0.05, 0) is 63.2 Å². The van der Waals surface area contributed by atoms with E-state index in [0.29, 0.717) is 23.7 Å². The fraction of sp³-hybridized carbons (Fsp3) is 0.350. The normalized spacial score (nSPS) is 10.2. The molecule has 1 amide bonds. The summed E-state index contributed by atoms with van der Waals surface area (Å²) in [6, 6.07) is 13.0. The molecule has 0 aliphatic carbocycles. The Hall–Kier alpha value is -2.69. The van der Waals surface area contributed by atoms with Crippen molar-refractivity contribution in [2.45, 2.75) is 20.8 Å². The molecule has 2 rings (SSSR count). The molecule has 0 radical (unpaired) electrons. The van der Waals surface area contributed by atoms with Crippen LogP contribution >= 0.6 is 0 Å². The second kappa shape index (κ2) is 8.97. The van der Waals surface area contributed by atoms with E-state index in [-0.39, 0.29) is 5.91 Å². The van der Waals surface area contributed by atoms with E-state index in [1.165, 1.54) is 0 Å². The lowest BCUT2D eigenvalue weighted by atomic mass is 10.1. The molecule has 5 heteroatoms. The molecular formula is C20H26N2O3. The number of benzene rings is 2. The fourth-order valence-electron chi connectivity index (χ4n) is 2.63. The molecule has 0 aromatic heterocycles. The van der Waals surface area contributed by atoms with Crippen molar-refractivity contribution in [3.05, 3.63) is 48.0 Å². The van der Waals surface area contributed by atoms with Gasteiger partial charge in [0, 0.05) is 30.0 Å². The summed E-state index contributed by atoms with van der Waals surface area (Å²) in [6.45, 7) is 8.60. The lowest BCUT2D eigenvalue weighted by Crippen LogP contribution is -2.21. The van der Waals surface area contributed by atoms with Crippen LogP contribution in [0.15, 0.2) is 42.5 Å². The molecule has 134 valence electrons. The highest BCUT2D eigenvalue weighted by molar-refractivity contribution is 6.04. The van der Waals surface area contributed by atoms with Gasteiger partial charge in [-0.3, -0.25) is 4.79 Å². The van der Waals surface area contributed by atoms with Gasteiger partial charge in [0.25, 0.3) is 5.91 Å². The lowest BCUT2D eigenvalue weighted by Gasteiger charge is -2.21. The van der Waals surface area contributed by atoms with Gasteiger partial charge in [0.15, 0.2) is 11.5 Å². The monoisotopic (exact) mass is 342 g/mol. The standard InChI is InChI=1S/C20H26N2O3/c1-5-22(6-2)17-11-9-16(10-12-17)21-20(23)15-8-13-18(25-7-3)19(14-15)24-4/h8-14H,5-7H2,1-4H3,(H,21,23). The van der Waals surface area contributed by atoms with Crippen molar-refractivity contribution in [1.29, 1.82) is 0 Å². The average molecular weight is 342 g/mol. The Kier molecular flexibility index (Phi) is 6.69. The number of anilines is 2. The predicted molar refractivity (Wildman–Crippen MR) is 102 cm³/mol. The minimum absolute atomic E-state index is 0.183. The number of carbonyl (C=O) groups is 1. The van der Waals surface area contributed by atoms with Crippen LogP contribution in [0, 0.1) is 0 Å². The first-order valence-corrected chi connectivity index (χ1v) is 8.60. The van der Waals surface area contributed by atoms with E-state index in [2.05, 4.69) is 24.1 Å². The summed E-state index contributed by atoms with van der Waals surface area (Å²) in [7, 11) is 1.56. The van der Waals surface area contributed by atoms with Gasteiger partial charge in [-0.2, -0.15) is 0 Å². The van der Waals surface area contributed by atoms with E-state index in [9.17, 15) is 4.79 Å². The van der Waals surface area contributed by atoms with Crippen LogP contribution < -0.4 is 19.7 Å². The molecule has 2 aromatic rings. The van der Waals surface area contributed by atoms with Crippen molar-refractivity contribution in [3.63, 3.8) is 0 Å². The van der Waals surface area contributed by atoms with Gasteiger partial charge in [-0.25, -0.2) is 0 Å². The van der Waals surface area contributed by atoms with Gasteiger partial charge in [0.2, 0.25) is 0 Å². The molecular weight excluding hydrogens is 316 g/mol.